The number of rotatable bonds is 7. The zero-order valence-electron chi connectivity index (χ0n) is 20.3. The molecule has 0 saturated carbocycles. The Hall–Kier alpha value is -3.45. The number of aryl methyl sites for hydroxylation is 1. The van der Waals surface area contributed by atoms with E-state index in [-0.39, 0.29) is 11.8 Å². The summed E-state index contributed by atoms with van der Waals surface area (Å²) in [6.07, 6.45) is 1.84. The number of hydrogen-bond donors (Lipinski definition) is 0. The van der Waals surface area contributed by atoms with Crippen LogP contribution >= 0.6 is 0 Å². The van der Waals surface area contributed by atoms with Gasteiger partial charge in [-0.15, -0.1) is 0 Å². The molecule has 1 aliphatic rings. The van der Waals surface area contributed by atoms with E-state index in [1.807, 2.05) is 91.4 Å². The van der Waals surface area contributed by atoms with Crippen molar-refractivity contribution in [3.63, 3.8) is 0 Å². The number of aromatic nitrogens is 2. The molecule has 34 heavy (non-hydrogen) atoms. The fourth-order valence-electron chi connectivity index (χ4n) is 4.43. The van der Waals surface area contributed by atoms with Gasteiger partial charge in [-0.2, -0.15) is 5.10 Å². The topological polar surface area (TPSA) is 61.7 Å². The van der Waals surface area contributed by atoms with Crippen LogP contribution in [-0.4, -0.2) is 82.1 Å². The first-order chi connectivity index (χ1) is 16.5. The lowest BCUT2D eigenvalue weighted by molar-refractivity contribution is -0.132. The second-order valence-corrected chi connectivity index (χ2v) is 8.62. The highest BCUT2D eigenvalue weighted by Gasteiger charge is 2.28. The second-order valence-electron chi connectivity index (χ2n) is 8.62. The maximum Gasteiger partial charge on any atom is 0.257 e. The smallest absolute Gasteiger partial charge is 0.257 e. The standard InChI is InChI=1S/C27H33N5O2/c1-4-30(5-2)25(33)20-29-15-17-31(18-16-29)27(34)24-19-32(22-12-7-6-8-13-22)28-26(24)23-14-10-9-11-21(23)3/h6-14,19H,4-5,15-18,20H2,1-3H3. The van der Waals surface area contributed by atoms with Gasteiger partial charge in [0.05, 0.1) is 17.8 Å². The molecule has 2 heterocycles. The van der Waals surface area contributed by atoms with Crippen LogP contribution in [0.5, 0.6) is 0 Å². The minimum absolute atomic E-state index is 0.0184. The molecule has 0 radical (unpaired) electrons. The van der Waals surface area contributed by atoms with Crippen molar-refractivity contribution < 1.29 is 9.59 Å². The summed E-state index contributed by atoms with van der Waals surface area (Å²) in [4.78, 5) is 32.0. The first-order valence-corrected chi connectivity index (χ1v) is 12.0. The summed E-state index contributed by atoms with van der Waals surface area (Å²) in [6.45, 7) is 10.4. The van der Waals surface area contributed by atoms with E-state index in [0.717, 1.165) is 29.9 Å². The van der Waals surface area contributed by atoms with E-state index in [1.54, 1.807) is 4.68 Å². The molecule has 1 saturated heterocycles. The van der Waals surface area contributed by atoms with Crippen molar-refractivity contribution in [1.82, 2.24) is 24.5 Å². The van der Waals surface area contributed by atoms with E-state index in [0.29, 0.717) is 44.0 Å². The summed E-state index contributed by atoms with van der Waals surface area (Å²) >= 11 is 0. The molecule has 0 bridgehead atoms. The highest BCUT2D eigenvalue weighted by Crippen LogP contribution is 2.28. The van der Waals surface area contributed by atoms with E-state index in [9.17, 15) is 9.59 Å². The summed E-state index contributed by atoms with van der Waals surface area (Å²) < 4.78 is 1.79. The molecule has 1 fully saturated rings. The van der Waals surface area contributed by atoms with Crippen LogP contribution in [0, 0.1) is 6.92 Å². The van der Waals surface area contributed by atoms with Crippen molar-refractivity contribution in [3.05, 3.63) is 71.9 Å². The number of carbonyl (C=O) groups is 2. The summed E-state index contributed by atoms with van der Waals surface area (Å²) in [7, 11) is 0. The van der Waals surface area contributed by atoms with E-state index >= 15 is 0 Å². The Morgan fingerprint density at radius 1 is 0.912 bits per heavy atom. The van der Waals surface area contributed by atoms with Crippen LogP contribution in [0.1, 0.15) is 29.8 Å². The molecule has 4 rings (SSSR count). The van der Waals surface area contributed by atoms with Crippen LogP contribution in [0.15, 0.2) is 60.8 Å². The molecule has 7 heteroatoms. The van der Waals surface area contributed by atoms with E-state index < -0.39 is 0 Å². The lowest BCUT2D eigenvalue weighted by Crippen LogP contribution is -2.51. The SMILES string of the molecule is CCN(CC)C(=O)CN1CCN(C(=O)c2cn(-c3ccccc3)nc2-c2ccccc2C)CC1. The zero-order chi connectivity index (χ0) is 24.1. The fourth-order valence-corrected chi connectivity index (χ4v) is 4.43. The van der Waals surface area contributed by atoms with Crippen LogP contribution < -0.4 is 0 Å². The molecule has 0 N–H and O–H groups in total. The van der Waals surface area contributed by atoms with Gasteiger partial charge in [-0.1, -0.05) is 42.5 Å². The number of likely N-dealkylation sites (N-methyl/N-ethyl adjacent to an activating group) is 1. The molecule has 1 aliphatic heterocycles. The molecule has 0 unspecified atom stereocenters. The molecule has 178 valence electrons. The van der Waals surface area contributed by atoms with Crippen molar-refractivity contribution in [2.24, 2.45) is 0 Å². The third kappa shape index (κ3) is 5.04. The van der Waals surface area contributed by atoms with E-state index in [1.165, 1.54) is 0 Å². The molecule has 3 aromatic rings. The van der Waals surface area contributed by atoms with Crippen LogP contribution in [-0.2, 0) is 4.79 Å². The number of benzene rings is 2. The van der Waals surface area contributed by atoms with E-state index in [2.05, 4.69) is 4.90 Å². The highest BCUT2D eigenvalue weighted by molar-refractivity contribution is 6.00. The number of nitrogens with zero attached hydrogens (tertiary/aromatic N) is 5. The molecule has 1 aromatic heterocycles. The van der Waals surface area contributed by atoms with Crippen molar-refractivity contribution in [1.29, 1.82) is 0 Å². The van der Waals surface area contributed by atoms with Gasteiger partial charge in [0.15, 0.2) is 0 Å². The molecular weight excluding hydrogens is 426 g/mol. The van der Waals surface area contributed by atoms with Gasteiger partial charge in [-0.25, -0.2) is 4.68 Å². The zero-order valence-corrected chi connectivity index (χ0v) is 20.3. The summed E-state index contributed by atoms with van der Waals surface area (Å²) in [5.41, 5.74) is 4.26. The number of piperazine rings is 1. The van der Waals surface area contributed by atoms with E-state index in [4.69, 9.17) is 5.10 Å². The Morgan fingerprint density at radius 3 is 2.21 bits per heavy atom. The Morgan fingerprint density at radius 2 is 1.56 bits per heavy atom. The number of hydrogen-bond acceptors (Lipinski definition) is 4. The van der Waals surface area contributed by atoms with Crippen LogP contribution in [0.3, 0.4) is 0 Å². The van der Waals surface area contributed by atoms with Crippen molar-refractivity contribution >= 4 is 11.8 Å². The van der Waals surface area contributed by atoms with Crippen molar-refractivity contribution in [2.75, 3.05) is 45.8 Å². The normalized spacial score (nSPS) is 14.3. The first-order valence-electron chi connectivity index (χ1n) is 12.0. The molecular formula is C27H33N5O2. The van der Waals surface area contributed by atoms with Gasteiger partial charge in [0.25, 0.3) is 5.91 Å². The minimum Gasteiger partial charge on any atom is -0.342 e. The number of amides is 2. The Balaban J connectivity index is 1.55. The third-order valence-electron chi connectivity index (χ3n) is 6.50. The summed E-state index contributed by atoms with van der Waals surface area (Å²) in [5.74, 6) is 0.130. The Labute approximate surface area is 201 Å². The van der Waals surface area contributed by atoms with Gasteiger partial charge in [0, 0.05) is 51.0 Å². The summed E-state index contributed by atoms with van der Waals surface area (Å²) in [5, 5.41) is 4.83. The quantitative estimate of drug-likeness (QED) is 0.543. The summed E-state index contributed by atoms with van der Waals surface area (Å²) in [6, 6.07) is 17.9. The fraction of sp³-hybridized carbons (Fsp3) is 0.370. The average Bonchev–Trinajstić information content (AvgIpc) is 3.31. The average molecular weight is 460 g/mol. The van der Waals surface area contributed by atoms with Crippen LogP contribution in [0.2, 0.25) is 0 Å². The number of carbonyl (C=O) groups excluding carboxylic acids is 2. The lowest BCUT2D eigenvalue weighted by atomic mass is 10.0. The number of para-hydroxylation sites is 1. The van der Waals surface area contributed by atoms with Crippen LogP contribution in [0.25, 0.3) is 16.9 Å². The third-order valence-corrected chi connectivity index (χ3v) is 6.50. The lowest BCUT2D eigenvalue weighted by Gasteiger charge is -2.35. The van der Waals surface area contributed by atoms with Gasteiger partial charge in [0.1, 0.15) is 5.69 Å². The Kier molecular flexibility index (Phi) is 7.43. The second kappa shape index (κ2) is 10.7. The molecule has 7 nitrogen and oxygen atoms in total. The molecule has 0 aliphatic carbocycles. The van der Waals surface area contributed by atoms with Crippen LogP contribution in [0.4, 0.5) is 0 Å². The molecule has 2 amide bonds. The molecule has 2 aromatic carbocycles. The predicted octanol–water partition coefficient (Wildman–Crippen LogP) is 3.47. The largest absolute Gasteiger partial charge is 0.342 e. The first kappa shape index (κ1) is 23.7. The predicted molar refractivity (Wildman–Crippen MR) is 134 cm³/mol. The highest BCUT2D eigenvalue weighted by atomic mass is 16.2. The van der Waals surface area contributed by atoms with Gasteiger partial charge in [-0.3, -0.25) is 14.5 Å². The van der Waals surface area contributed by atoms with Gasteiger partial charge in [0.2, 0.25) is 5.91 Å². The molecule has 0 atom stereocenters. The van der Waals surface area contributed by atoms with Crippen molar-refractivity contribution in [2.45, 2.75) is 20.8 Å². The van der Waals surface area contributed by atoms with Gasteiger partial charge >= 0.3 is 0 Å². The maximum absolute atomic E-state index is 13.7. The Bertz CT molecular complexity index is 1130. The molecule has 0 spiro atoms. The van der Waals surface area contributed by atoms with Crippen molar-refractivity contribution in [3.8, 4) is 16.9 Å². The monoisotopic (exact) mass is 459 g/mol. The maximum atomic E-state index is 13.7. The minimum atomic E-state index is -0.0184. The van der Waals surface area contributed by atoms with Gasteiger partial charge in [-0.05, 0) is 38.5 Å². The van der Waals surface area contributed by atoms with Gasteiger partial charge < -0.3 is 9.80 Å².